The van der Waals surface area contributed by atoms with Crippen molar-refractivity contribution in [2.45, 2.75) is 45.3 Å². The summed E-state index contributed by atoms with van der Waals surface area (Å²) in [5, 5.41) is 0. The molecular formula is C12H22N2O4. The molecule has 1 aliphatic heterocycles. The number of carbonyl (C=O) groups excluding carboxylic acids is 2. The number of nitrogens with two attached hydrogens (primary N) is 1. The van der Waals surface area contributed by atoms with Crippen molar-refractivity contribution >= 4 is 12.1 Å². The number of esters is 1. The number of hydrogen-bond acceptors (Lipinski definition) is 5. The van der Waals surface area contributed by atoms with E-state index in [4.69, 9.17) is 15.2 Å². The molecule has 2 N–H and O–H groups in total. The maximum atomic E-state index is 11.9. The molecule has 1 heterocycles. The van der Waals surface area contributed by atoms with Gasteiger partial charge in [0.25, 0.3) is 0 Å². The molecule has 0 aromatic rings. The van der Waals surface area contributed by atoms with Gasteiger partial charge in [-0.05, 0) is 33.6 Å². The highest BCUT2D eigenvalue weighted by atomic mass is 16.6. The van der Waals surface area contributed by atoms with Gasteiger partial charge in [0.05, 0.1) is 0 Å². The molecule has 1 rings (SSSR count). The number of carbonyl (C=O) groups is 2. The van der Waals surface area contributed by atoms with Crippen molar-refractivity contribution in [3.8, 4) is 0 Å². The molecule has 1 unspecified atom stereocenters. The lowest BCUT2D eigenvalue weighted by molar-refractivity contribution is -0.148. The van der Waals surface area contributed by atoms with Crippen molar-refractivity contribution < 1.29 is 19.1 Å². The van der Waals surface area contributed by atoms with E-state index in [0.717, 1.165) is 6.42 Å². The van der Waals surface area contributed by atoms with Gasteiger partial charge in [-0.25, -0.2) is 9.59 Å². The third-order valence-electron chi connectivity index (χ3n) is 2.52. The quantitative estimate of drug-likeness (QED) is 0.760. The molecule has 1 amide bonds. The van der Waals surface area contributed by atoms with Crippen molar-refractivity contribution in [3.05, 3.63) is 0 Å². The Hall–Kier alpha value is -1.30. The number of rotatable bonds is 3. The molecule has 0 aliphatic carbocycles. The lowest BCUT2D eigenvalue weighted by atomic mass is 10.2. The second-order valence-electron chi connectivity index (χ2n) is 5.29. The van der Waals surface area contributed by atoms with Gasteiger partial charge in [0, 0.05) is 13.1 Å². The van der Waals surface area contributed by atoms with E-state index in [1.807, 2.05) is 0 Å². The predicted molar refractivity (Wildman–Crippen MR) is 66.0 cm³/mol. The molecule has 0 radical (unpaired) electrons. The van der Waals surface area contributed by atoms with Crippen LogP contribution in [0.1, 0.15) is 33.6 Å². The Morgan fingerprint density at radius 3 is 2.61 bits per heavy atom. The Morgan fingerprint density at radius 1 is 1.39 bits per heavy atom. The van der Waals surface area contributed by atoms with Crippen LogP contribution < -0.4 is 5.73 Å². The number of likely N-dealkylation sites (tertiary alicyclic amines) is 1. The summed E-state index contributed by atoms with van der Waals surface area (Å²) in [7, 11) is 0. The largest absolute Gasteiger partial charge is 0.463 e. The monoisotopic (exact) mass is 258 g/mol. The molecule has 0 aromatic carbocycles. The zero-order valence-corrected chi connectivity index (χ0v) is 11.3. The highest BCUT2D eigenvalue weighted by Crippen LogP contribution is 2.21. The number of nitrogens with zero attached hydrogens (tertiary/aromatic N) is 1. The first-order valence-corrected chi connectivity index (χ1v) is 6.21. The normalized spacial score (nSPS) is 19.8. The minimum absolute atomic E-state index is 0.178. The summed E-state index contributed by atoms with van der Waals surface area (Å²) in [6.45, 7) is 6.37. The van der Waals surface area contributed by atoms with Crippen LogP contribution in [0.25, 0.3) is 0 Å². The fraction of sp³-hybridized carbons (Fsp3) is 0.833. The van der Waals surface area contributed by atoms with E-state index in [9.17, 15) is 9.59 Å². The van der Waals surface area contributed by atoms with Crippen molar-refractivity contribution in [1.82, 2.24) is 4.90 Å². The molecule has 1 atom stereocenters. The summed E-state index contributed by atoms with van der Waals surface area (Å²) in [4.78, 5) is 25.1. The van der Waals surface area contributed by atoms with Crippen molar-refractivity contribution in [1.29, 1.82) is 0 Å². The van der Waals surface area contributed by atoms with Crippen LogP contribution in [-0.2, 0) is 14.3 Å². The molecule has 1 fully saturated rings. The van der Waals surface area contributed by atoms with Crippen LogP contribution in [0.5, 0.6) is 0 Å². The molecule has 6 heteroatoms. The summed E-state index contributed by atoms with van der Waals surface area (Å²) in [6.07, 6.45) is 0.930. The first kappa shape index (κ1) is 14.8. The third kappa shape index (κ3) is 4.18. The maximum Gasteiger partial charge on any atom is 0.411 e. The molecular weight excluding hydrogens is 236 g/mol. The Labute approximate surface area is 107 Å². The van der Waals surface area contributed by atoms with Crippen LogP contribution in [0.3, 0.4) is 0 Å². The second kappa shape index (κ2) is 6.04. The SMILES string of the molecule is CC(C)(C)OC(=O)N1CCCC1C(=O)OCCN. The van der Waals surface area contributed by atoms with E-state index < -0.39 is 23.7 Å². The van der Waals surface area contributed by atoms with E-state index in [2.05, 4.69) is 0 Å². The Kier molecular flexibility index (Phi) is 4.95. The molecule has 1 saturated heterocycles. The summed E-state index contributed by atoms with van der Waals surface area (Å²) < 4.78 is 10.2. The van der Waals surface area contributed by atoms with Gasteiger partial charge >= 0.3 is 12.1 Å². The minimum atomic E-state index is -0.564. The molecule has 0 saturated carbocycles. The Balaban J connectivity index is 2.59. The number of ether oxygens (including phenoxy) is 2. The molecule has 6 nitrogen and oxygen atoms in total. The van der Waals surface area contributed by atoms with Gasteiger partial charge in [0.1, 0.15) is 18.2 Å². The standard InChI is InChI=1S/C12H22N2O4/c1-12(2,3)18-11(16)14-7-4-5-9(14)10(15)17-8-6-13/h9H,4-8,13H2,1-3H3. The van der Waals surface area contributed by atoms with Gasteiger partial charge in [-0.3, -0.25) is 4.90 Å². The van der Waals surface area contributed by atoms with Crippen LogP contribution in [0, 0.1) is 0 Å². The first-order valence-electron chi connectivity index (χ1n) is 6.21. The van der Waals surface area contributed by atoms with Gasteiger partial charge in [-0.1, -0.05) is 0 Å². The van der Waals surface area contributed by atoms with Crippen LogP contribution in [0.2, 0.25) is 0 Å². The van der Waals surface area contributed by atoms with Crippen LogP contribution in [0.15, 0.2) is 0 Å². The average molecular weight is 258 g/mol. The van der Waals surface area contributed by atoms with Gasteiger partial charge in [-0.2, -0.15) is 0 Å². The van der Waals surface area contributed by atoms with Crippen molar-refractivity contribution in [3.63, 3.8) is 0 Å². The fourth-order valence-corrected chi connectivity index (χ4v) is 1.81. The van der Waals surface area contributed by atoms with Gasteiger partial charge in [0.2, 0.25) is 0 Å². The molecule has 0 aromatic heterocycles. The third-order valence-corrected chi connectivity index (χ3v) is 2.52. The summed E-state index contributed by atoms with van der Waals surface area (Å²) in [5.41, 5.74) is 4.71. The predicted octanol–water partition coefficient (Wildman–Crippen LogP) is 0.888. The lowest BCUT2D eigenvalue weighted by Gasteiger charge is -2.27. The molecule has 18 heavy (non-hydrogen) atoms. The maximum absolute atomic E-state index is 11.9. The number of amides is 1. The van der Waals surface area contributed by atoms with Crippen LogP contribution in [0.4, 0.5) is 4.79 Å². The van der Waals surface area contributed by atoms with E-state index in [1.165, 1.54) is 4.90 Å². The molecule has 104 valence electrons. The van der Waals surface area contributed by atoms with Crippen LogP contribution in [-0.4, -0.2) is 48.3 Å². The van der Waals surface area contributed by atoms with E-state index in [1.54, 1.807) is 20.8 Å². The topological polar surface area (TPSA) is 81.9 Å². The van der Waals surface area contributed by atoms with Crippen molar-refractivity contribution in [2.75, 3.05) is 19.7 Å². The van der Waals surface area contributed by atoms with E-state index >= 15 is 0 Å². The minimum Gasteiger partial charge on any atom is -0.463 e. The zero-order chi connectivity index (χ0) is 13.8. The summed E-state index contributed by atoms with van der Waals surface area (Å²) >= 11 is 0. The summed E-state index contributed by atoms with van der Waals surface area (Å²) in [5.74, 6) is -0.399. The van der Waals surface area contributed by atoms with Gasteiger partial charge < -0.3 is 15.2 Å². The van der Waals surface area contributed by atoms with Crippen LogP contribution >= 0.6 is 0 Å². The fourth-order valence-electron chi connectivity index (χ4n) is 1.81. The molecule has 0 bridgehead atoms. The average Bonchev–Trinajstić information content (AvgIpc) is 2.72. The first-order chi connectivity index (χ1) is 8.35. The highest BCUT2D eigenvalue weighted by molar-refractivity contribution is 5.82. The zero-order valence-electron chi connectivity index (χ0n) is 11.3. The smallest absolute Gasteiger partial charge is 0.411 e. The van der Waals surface area contributed by atoms with E-state index in [0.29, 0.717) is 13.0 Å². The number of hydrogen-bond donors (Lipinski definition) is 1. The summed E-state index contributed by atoms with van der Waals surface area (Å²) in [6, 6.07) is -0.536. The lowest BCUT2D eigenvalue weighted by Crippen LogP contribution is -2.44. The Morgan fingerprint density at radius 2 is 2.06 bits per heavy atom. The van der Waals surface area contributed by atoms with E-state index in [-0.39, 0.29) is 13.2 Å². The highest BCUT2D eigenvalue weighted by Gasteiger charge is 2.37. The molecule has 1 aliphatic rings. The second-order valence-corrected chi connectivity index (χ2v) is 5.29. The Bertz CT molecular complexity index is 312. The van der Waals surface area contributed by atoms with Crippen molar-refractivity contribution in [2.24, 2.45) is 5.73 Å². The van der Waals surface area contributed by atoms with Gasteiger partial charge in [0.15, 0.2) is 0 Å². The van der Waals surface area contributed by atoms with Gasteiger partial charge in [-0.15, -0.1) is 0 Å². The molecule has 0 spiro atoms.